The second-order valence-corrected chi connectivity index (χ2v) is 7.03. The lowest BCUT2D eigenvalue weighted by Gasteiger charge is -2.31. The third kappa shape index (κ3) is 4.27. The predicted molar refractivity (Wildman–Crippen MR) is 98.3 cm³/mol. The molecule has 1 unspecified atom stereocenters. The van der Waals surface area contributed by atoms with Crippen LogP contribution < -0.4 is 10.2 Å². The number of amides is 1. The van der Waals surface area contributed by atoms with Gasteiger partial charge >= 0.3 is 5.97 Å². The smallest absolute Gasteiger partial charge is 0.365 e. The number of anilines is 1. The van der Waals surface area contributed by atoms with E-state index in [2.05, 4.69) is 27.3 Å². The highest BCUT2D eigenvalue weighted by Crippen LogP contribution is 2.16. The molecule has 0 spiro atoms. The molecule has 0 radical (unpaired) electrons. The molecule has 0 aliphatic carbocycles. The van der Waals surface area contributed by atoms with Crippen LogP contribution in [0.2, 0.25) is 0 Å². The number of benzene rings is 2. The Hall–Kier alpha value is -2.18. The molecule has 1 aliphatic rings. The Labute approximate surface area is 155 Å². The number of hydrogen-bond donors (Lipinski definition) is 2. The third-order valence-electron chi connectivity index (χ3n) is 4.43. The van der Waals surface area contributed by atoms with Crippen LogP contribution in [0, 0.1) is 0 Å². The lowest BCUT2D eigenvalue weighted by molar-refractivity contribution is -0.924. The van der Waals surface area contributed by atoms with E-state index in [9.17, 15) is 9.59 Å². The second kappa shape index (κ2) is 7.80. The summed E-state index contributed by atoms with van der Waals surface area (Å²) in [4.78, 5) is 25.6. The Kier molecular flexibility index (Phi) is 5.50. The van der Waals surface area contributed by atoms with Crippen molar-refractivity contribution in [3.05, 3.63) is 64.1 Å². The number of halogens is 1. The highest BCUT2D eigenvalue weighted by molar-refractivity contribution is 9.10. The van der Waals surface area contributed by atoms with Crippen LogP contribution in [0.3, 0.4) is 0 Å². The van der Waals surface area contributed by atoms with Crippen LogP contribution in [-0.2, 0) is 27.3 Å². The molecule has 25 heavy (non-hydrogen) atoms. The van der Waals surface area contributed by atoms with Crippen molar-refractivity contribution in [2.75, 3.05) is 19.0 Å². The highest BCUT2D eigenvalue weighted by atomic mass is 79.9. The minimum absolute atomic E-state index is 0.124. The fourth-order valence-corrected chi connectivity index (χ4v) is 3.62. The van der Waals surface area contributed by atoms with Crippen LogP contribution in [-0.4, -0.2) is 31.6 Å². The van der Waals surface area contributed by atoms with E-state index in [-0.39, 0.29) is 24.5 Å². The van der Waals surface area contributed by atoms with Gasteiger partial charge in [-0.15, -0.1) is 0 Å². The minimum Gasteiger partial charge on any atom is -0.465 e. The molecule has 1 aliphatic heterocycles. The third-order valence-corrected chi connectivity index (χ3v) is 4.93. The van der Waals surface area contributed by atoms with Gasteiger partial charge in [0.15, 0.2) is 12.6 Å². The van der Waals surface area contributed by atoms with Gasteiger partial charge in [-0.3, -0.25) is 4.79 Å². The molecule has 2 aromatic carbocycles. The molecule has 6 heteroatoms. The topological polar surface area (TPSA) is 59.8 Å². The summed E-state index contributed by atoms with van der Waals surface area (Å²) in [6.45, 7) is 0.836. The van der Waals surface area contributed by atoms with E-state index < -0.39 is 0 Å². The van der Waals surface area contributed by atoms with Crippen LogP contribution >= 0.6 is 15.9 Å². The van der Waals surface area contributed by atoms with Gasteiger partial charge in [-0.2, -0.15) is 0 Å². The Morgan fingerprint density at radius 1 is 1.20 bits per heavy atom. The monoisotopic (exact) mass is 403 g/mol. The predicted octanol–water partition coefficient (Wildman–Crippen LogP) is 1.57. The summed E-state index contributed by atoms with van der Waals surface area (Å²) in [7, 11) is 1.39. The van der Waals surface area contributed by atoms with Crippen LogP contribution in [0.25, 0.3) is 0 Å². The van der Waals surface area contributed by atoms with E-state index in [1.54, 1.807) is 0 Å². The van der Waals surface area contributed by atoms with Crippen LogP contribution in [0.5, 0.6) is 0 Å². The van der Waals surface area contributed by atoms with Gasteiger partial charge in [0.2, 0.25) is 0 Å². The molecule has 1 heterocycles. The van der Waals surface area contributed by atoms with E-state index >= 15 is 0 Å². The largest absolute Gasteiger partial charge is 0.465 e. The molecule has 2 N–H and O–H groups in total. The first kappa shape index (κ1) is 17.6. The Balaban J connectivity index is 1.74. The van der Waals surface area contributed by atoms with Crippen molar-refractivity contribution in [1.29, 1.82) is 0 Å². The van der Waals surface area contributed by atoms with Gasteiger partial charge in [-0.1, -0.05) is 46.3 Å². The number of hydrogen-bond acceptors (Lipinski definition) is 3. The van der Waals surface area contributed by atoms with E-state index in [1.807, 2.05) is 42.5 Å². The first-order valence-electron chi connectivity index (χ1n) is 8.11. The van der Waals surface area contributed by atoms with Gasteiger partial charge in [-0.05, 0) is 23.8 Å². The van der Waals surface area contributed by atoms with Crippen LogP contribution in [0.4, 0.5) is 5.69 Å². The lowest BCUT2D eigenvalue weighted by atomic mass is 9.94. The molecule has 1 amide bonds. The maximum atomic E-state index is 12.5. The standard InChI is InChI=1S/C19H19BrN2O3/c1-25-19(24)17-9-13-5-2-3-6-14(13)11-22(17)12-18(23)21-16-8-4-7-15(20)10-16/h2-8,10,17H,9,11-12H2,1H3,(H,21,23)/p+1/t17-/m0/s1. The molecular weight excluding hydrogens is 384 g/mol. The van der Waals surface area contributed by atoms with Crippen LogP contribution in [0.15, 0.2) is 53.0 Å². The fourth-order valence-electron chi connectivity index (χ4n) is 3.22. The summed E-state index contributed by atoms with van der Waals surface area (Å²) < 4.78 is 5.85. The van der Waals surface area contributed by atoms with Gasteiger partial charge in [0.05, 0.1) is 7.11 Å². The first-order valence-corrected chi connectivity index (χ1v) is 8.90. The summed E-state index contributed by atoms with van der Waals surface area (Å²) in [5.74, 6) is -0.402. The molecule has 0 saturated carbocycles. The number of quaternary nitrogens is 1. The Bertz CT molecular complexity index is 794. The molecule has 0 fully saturated rings. The molecule has 0 saturated heterocycles. The van der Waals surface area contributed by atoms with Crippen molar-refractivity contribution in [2.45, 2.75) is 19.0 Å². The molecule has 2 atom stereocenters. The highest BCUT2D eigenvalue weighted by Gasteiger charge is 2.37. The van der Waals surface area contributed by atoms with Crippen molar-refractivity contribution in [2.24, 2.45) is 0 Å². The maximum absolute atomic E-state index is 12.5. The van der Waals surface area contributed by atoms with Gasteiger partial charge in [0.25, 0.3) is 5.91 Å². The summed E-state index contributed by atoms with van der Waals surface area (Å²) >= 11 is 3.39. The number of carbonyl (C=O) groups is 2. The summed E-state index contributed by atoms with van der Waals surface area (Å²) in [5.41, 5.74) is 3.05. The summed E-state index contributed by atoms with van der Waals surface area (Å²) in [5, 5.41) is 2.89. The summed E-state index contributed by atoms with van der Waals surface area (Å²) in [6, 6.07) is 15.1. The zero-order valence-electron chi connectivity index (χ0n) is 13.9. The maximum Gasteiger partial charge on any atom is 0.365 e. The normalized spacial score (nSPS) is 19.0. The van der Waals surface area contributed by atoms with Crippen LogP contribution in [0.1, 0.15) is 11.1 Å². The summed E-state index contributed by atoms with van der Waals surface area (Å²) in [6.07, 6.45) is 0.586. The van der Waals surface area contributed by atoms with Crippen molar-refractivity contribution in [1.82, 2.24) is 0 Å². The second-order valence-electron chi connectivity index (χ2n) is 6.12. The van der Waals surface area contributed by atoms with Crippen molar-refractivity contribution < 1.29 is 19.2 Å². The Morgan fingerprint density at radius 2 is 1.96 bits per heavy atom. The van der Waals surface area contributed by atoms with Gasteiger partial charge < -0.3 is 15.0 Å². The molecular formula is C19H20BrN2O3+. The zero-order valence-corrected chi connectivity index (χ0v) is 15.5. The number of methoxy groups -OCH3 is 1. The quantitative estimate of drug-likeness (QED) is 0.761. The molecule has 0 aromatic heterocycles. The van der Waals surface area contributed by atoms with Crippen molar-refractivity contribution in [3.8, 4) is 0 Å². The number of esters is 1. The van der Waals surface area contributed by atoms with Gasteiger partial charge in [-0.25, -0.2) is 4.79 Å². The molecule has 2 aromatic rings. The van der Waals surface area contributed by atoms with Gasteiger partial charge in [0, 0.05) is 22.1 Å². The minimum atomic E-state index is -0.367. The zero-order chi connectivity index (χ0) is 17.8. The van der Waals surface area contributed by atoms with E-state index in [4.69, 9.17) is 4.74 Å². The van der Waals surface area contributed by atoms with Gasteiger partial charge in [0.1, 0.15) is 6.54 Å². The Morgan fingerprint density at radius 3 is 2.68 bits per heavy atom. The molecule has 130 valence electrons. The van der Waals surface area contributed by atoms with E-state index in [0.717, 1.165) is 20.6 Å². The SMILES string of the molecule is COC(=O)[C@@H]1Cc2ccccc2C[NH+]1CC(=O)Nc1cccc(Br)c1. The van der Waals surface area contributed by atoms with E-state index in [1.165, 1.54) is 12.7 Å². The molecule has 0 bridgehead atoms. The number of fused-ring (bicyclic) bond motifs is 1. The number of ether oxygens (including phenoxy) is 1. The lowest BCUT2D eigenvalue weighted by Crippen LogP contribution is -3.17. The van der Waals surface area contributed by atoms with Crippen molar-refractivity contribution in [3.63, 3.8) is 0 Å². The molecule has 5 nitrogen and oxygen atoms in total. The first-order chi connectivity index (χ1) is 12.1. The molecule has 3 rings (SSSR count). The number of nitrogens with one attached hydrogen (secondary N) is 2. The average Bonchev–Trinajstić information content (AvgIpc) is 2.60. The number of carbonyl (C=O) groups excluding carboxylic acids is 2. The number of rotatable bonds is 4. The van der Waals surface area contributed by atoms with E-state index in [0.29, 0.717) is 13.0 Å². The average molecular weight is 404 g/mol. The fraction of sp³-hybridized carbons (Fsp3) is 0.263. The van der Waals surface area contributed by atoms with Crippen molar-refractivity contribution >= 4 is 33.5 Å².